The van der Waals surface area contributed by atoms with E-state index in [4.69, 9.17) is 9.47 Å². The molecule has 2 N–H and O–H groups in total. The summed E-state index contributed by atoms with van der Waals surface area (Å²) in [7, 11) is 3.20. The molecule has 3 aromatic carbocycles. The van der Waals surface area contributed by atoms with Crippen LogP contribution in [0, 0.1) is 6.92 Å². The molecule has 3 rings (SSSR count). The summed E-state index contributed by atoms with van der Waals surface area (Å²) in [6.07, 6.45) is -0.160. The first-order chi connectivity index (χ1) is 14.0. The smallest absolute Gasteiger partial charge is 0.161 e. The Morgan fingerprint density at radius 3 is 2.10 bits per heavy atom. The van der Waals surface area contributed by atoms with Gasteiger partial charge in [-0.05, 0) is 54.4 Å². The molecule has 2 atom stereocenters. The second-order valence-corrected chi connectivity index (χ2v) is 7.90. The topological polar surface area (TPSA) is 50.7 Å². The molecule has 4 nitrogen and oxygen atoms in total. The average molecular weight is 456 g/mol. The van der Waals surface area contributed by atoms with Crippen LogP contribution >= 0.6 is 15.9 Å². The van der Waals surface area contributed by atoms with Gasteiger partial charge in [-0.15, -0.1) is 0 Å². The number of methoxy groups -OCH3 is 2. The molecule has 0 aliphatic rings. The van der Waals surface area contributed by atoms with Crippen LogP contribution in [0.15, 0.2) is 71.2 Å². The molecule has 0 fully saturated rings. The second kappa shape index (κ2) is 9.81. The van der Waals surface area contributed by atoms with Gasteiger partial charge in [-0.1, -0.05) is 51.8 Å². The lowest BCUT2D eigenvalue weighted by molar-refractivity contribution is 0.160. The molecule has 0 amide bonds. The lowest BCUT2D eigenvalue weighted by atomic mass is 9.96. The molecule has 5 heteroatoms. The van der Waals surface area contributed by atoms with E-state index in [2.05, 4.69) is 64.6 Å². The van der Waals surface area contributed by atoms with Crippen molar-refractivity contribution in [2.24, 2.45) is 0 Å². The summed E-state index contributed by atoms with van der Waals surface area (Å²) in [6.45, 7) is 2.07. The fourth-order valence-electron chi connectivity index (χ4n) is 3.24. The first-order valence-electron chi connectivity index (χ1n) is 9.49. The number of hydrogen-bond acceptors (Lipinski definition) is 4. The average Bonchev–Trinajstić information content (AvgIpc) is 2.74. The predicted octanol–water partition coefficient (Wildman–Crippen LogP) is 6.05. The first kappa shape index (κ1) is 21.2. The summed E-state index contributed by atoms with van der Waals surface area (Å²) in [5.74, 6) is 1.25. The van der Waals surface area contributed by atoms with Crippen LogP contribution in [-0.2, 0) is 0 Å². The maximum absolute atomic E-state index is 11.0. The highest BCUT2D eigenvalue weighted by Crippen LogP contribution is 2.34. The minimum absolute atomic E-state index is 0.0612. The lowest BCUT2D eigenvalue weighted by Crippen LogP contribution is -2.15. The zero-order chi connectivity index (χ0) is 20.8. The van der Waals surface area contributed by atoms with E-state index in [-0.39, 0.29) is 6.04 Å². The van der Waals surface area contributed by atoms with Crippen LogP contribution in [0.4, 0.5) is 5.69 Å². The molecule has 0 saturated heterocycles. The Bertz CT molecular complexity index is 926. The Hall–Kier alpha value is -2.50. The summed E-state index contributed by atoms with van der Waals surface area (Å²) < 4.78 is 11.7. The monoisotopic (exact) mass is 455 g/mol. The van der Waals surface area contributed by atoms with Crippen molar-refractivity contribution >= 4 is 21.6 Å². The van der Waals surface area contributed by atoms with E-state index in [1.807, 2.05) is 30.3 Å². The van der Waals surface area contributed by atoms with Crippen LogP contribution < -0.4 is 14.8 Å². The maximum atomic E-state index is 11.0. The third-order valence-electron chi connectivity index (χ3n) is 4.92. The van der Waals surface area contributed by atoms with Gasteiger partial charge < -0.3 is 19.9 Å². The van der Waals surface area contributed by atoms with Crippen LogP contribution in [-0.4, -0.2) is 19.3 Å². The highest BCUT2D eigenvalue weighted by Gasteiger charge is 2.19. The van der Waals surface area contributed by atoms with E-state index < -0.39 is 6.10 Å². The van der Waals surface area contributed by atoms with Gasteiger partial charge in [0.15, 0.2) is 11.5 Å². The minimum Gasteiger partial charge on any atom is -0.493 e. The van der Waals surface area contributed by atoms with Crippen LogP contribution in [0.5, 0.6) is 11.5 Å². The molecule has 0 bridgehead atoms. The number of halogens is 1. The summed E-state index contributed by atoms with van der Waals surface area (Å²) in [6, 6.07) is 21.9. The zero-order valence-corrected chi connectivity index (χ0v) is 18.4. The summed E-state index contributed by atoms with van der Waals surface area (Å²) in [5.41, 5.74) is 4.12. The molecule has 0 aromatic heterocycles. The molecular formula is C24H26BrNO3. The molecule has 0 aliphatic carbocycles. The fraction of sp³-hybridized carbons (Fsp3) is 0.250. The molecule has 0 radical (unpaired) electrons. The van der Waals surface area contributed by atoms with Gasteiger partial charge >= 0.3 is 0 Å². The van der Waals surface area contributed by atoms with Crippen molar-refractivity contribution in [2.45, 2.75) is 25.5 Å². The number of aliphatic hydroxyl groups excluding tert-OH is 1. The predicted molar refractivity (Wildman–Crippen MR) is 121 cm³/mol. The number of aliphatic hydroxyl groups is 1. The maximum Gasteiger partial charge on any atom is 0.161 e. The zero-order valence-electron chi connectivity index (χ0n) is 16.9. The third-order valence-corrected chi connectivity index (χ3v) is 5.44. The van der Waals surface area contributed by atoms with Crippen molar-refractivity contribution in [1.82, 2.24) is 0 Å². The van der Waals surface area contributed by atoms with E-state index in [1.54, 1.807) is 14.2 Å². The molecule has 0 spiro atoms. The van der Waals surface area contributed by atoms with Gasteiger partial charge in [0.1, 0.15) is 0 Å². The normalized spacial score (nSPS) is 12.9. The highest BCUT2D eigenvalue weighted by molar-refractivity contribution is 9.10. The minimum atomic E-state index is -0.665. The second-order valence-electron chi connectivity index (χ2n) is 6.98. The van der Waals surface area contributed by atoms with Crippen molar-refractivity contribution in [2.75, 3.05) is 19.5 Å². The number of anilines is 1. The Kier molecular flexibility index (Phi) is 7.18. The number of nitrogens with one attached hydrogen (secondary N) is 1. The van der Waals surface area contributed by atoms with Gasteiger partial charge in [-0.25, -0.2) is 0 Å². The molecule has 29 heavy (non-hydrogen) atoms. The van der Waals surface area contributed by atoms with Crippen molar-refractivity contribution in [3.05, 3.63) is 87.9 Å². The fourth-order valence-corrected chi connectivity index (χ4v) is 3.51. The van der Waals surface area contributed by atoms with Crippen LogP contribution in [0.2, 0.25) is 0 Å². The van der Waals surface area contributed by atoms with Gasteiger partial charge in [-0.2, -0.15) is 0 Å². The van der Waals surface area contributed by atoms with E-state index >= 15 is 0 Å². The van der Waals surface area contributed by atoms with Gasteiger partial charge in [0.2, 0.25) is 0 Å². The number of benzene rings is 3. The van der Waals surface area contributed by atoms with E-state index in [0.29, 0.717) is 17.9 Å². The van der Waals surface area contributed by atoms with Crippen LogP contribution in [0.3, 0.4) is 0 Å². The summed E-state index contributed by atoms with van der Waals surface area (Å²) in [4.78, 5) is 0. The standard InChI is InChI=1S/C24H26BrNO3/c1-16-4-11-20(12-5-16)26-21(17-6-9-19(25)10-7-17)15-22(27)18-8-13-23(28-2)24(14-18)29-3/h4-14,21-22,26-27H,15H2,1-3H3. The summed E-state index contributed by atoms with van der Waals surface area (Å²) >= 11 is 3.49. The van der Waals surface area contributed by atoms with Crippen LogP contribution in [0.25, 0.3) is 0 Å². The Labute approximate surface area is 180 Å². The lowest BCUT2D eigenvalue weighted by Gasteiger charge is -2.24. The Balaban J connectivity index is 1.85. The van der Waals surface area contributed by atoms with Crippen molar-refractivity contribution in [3.63, 3.8) is 0 Å². The number of aryl methyl sites for hydroxylation is 1. The van der Waals surface area contributed by atoms with E-state index in [9.17, 15) is 5.11 Å². The highest BCUT2D eigenvalue weighted by atomic mass is 79.9. The van der Waals surface area contributed by atoms with Gasteiger partial charge in [0.25, 0.3) is 0 Å². The largest absolute Gasteiger partial charge is 0.493 e. The van der Waals surface area contributed by atoms with Crippen molar-refractivity contribution in [1.29, 1.82) is 0 Å². The summed E-state index contributed by atoms with van der Waals surface area (Å²) in [5, 5.41) is 14.5. The number of ether oxygens (including phenoxy) is 2. The van der Waals surface area contributed by atoms with Crippen LogP contribution in [0.1, 0.15) is 35.3 Å². The molecule has 2 unspecified atom stereocenters. The first-order valence-corrected chi connectivity index (χ1v) is 10.3. The van der Waals surface area contributed by atoms with Gasteiger partial charge in [-0.3, -0.25) is 0 Å². The molecule has 0 aliphatic heterocycles. The van der Waals surface area contributed by atoms with Crippen molar-refractivity contribution in [3.8, 4) is 11.5 Å². The molecule has 3 aromatic rings. The van der Waals surface area contributed by atoms with Crippen molar-refractivity contribution < 1.29 is 14.6 Å². The van der Waals surface area contributed by atoms with E-state index in [1.165, 1.54) is 5.56 Å². The quantitative estimate of drug-likeness (QED) is 0.433. The Morgan fingerprint density at radius 1 is 0.862 bits per heavy atom. The van der Waals surface area contributed by atoms with Gasteiger partial charge in [0, 0.05) is 16.6 Å². The molecule has 152 valence electrons. The number of hydrogen-bond donors (Lipinski definition) is 2. The van der Waals surface area contributed by atoms with E-state index in [0.717, 1.165) is 21.3 Å². The molecular weight excluding hydrogens is 430 g/mol. The number of rotatable bonds is 8. The van der Waals surface area contributed by atoms with Gasteiger partial charge in [0.05, 0.1) is 26.4 Å². The third kappa shape index (κ3) is 5.52. The molecule has 0 heterocycles. The Morgan fingerprint density at radius 2 is 1.48 bits per heavy atom. The SMILES string of the molecule is COc1ccc(C(O)CC(Nc2ccc(C)cc2)c2ccc(Br)cc2)cc1OC. The molecule has 0 saturated carbocycles.